The first-order valence-electron chi connectivity index (χ1n) is 10.3. The van der Waals surface area contributed by atoms with Gasteiger partial charge in [-0.25, -0.2) is 0 Å². The zero-order chi connectivity index (χ0) is 23.9. The lowest BCUT2D eigenvalue weighted by molar-refractivity contribution is -0.385. The number of aliphatic hydroxyl groups excluding tert-OH is 9. The van der Waals surface area contributed by atoms with Gasteiger partial charge in [0.05, 0.1) is 18.8 Å². The molecule has 0 bridgehead atoms. The lowest BCUT2D eigenvalue weighted by Crippen LogP contribution is -2.66. The molecule has 14 heteroatoms. The van der Waals surface area contributed by atoms with Gasteiger partial charge in [0, 0.05) is 0 Å². The Kier molecular flexibility index (Phi) is 8.44. The van der Waals surface area contributed by atoms with E-state index in [0.29, 0.717) is 0 Å². The van der Waals surface area contributed by atoms with E-state index in [9.17, 15) is 46.0 Å². The van der Waals surface area contributed by atoms with E-state index in [2.05, 4.69) is 0 Å². The van der Waals surface area contributed by atoms with Gasteiger partial charge in [-0.2, -0.15) is 0 Å². The molecule has 1 unspecified atom stereocenters. The molecule has 0 amide bonds. The van der Waals surface area contributed by atoms with Gasteiger partial charge in [-0.05, 0) is 13.8 Å². The fourth-order valence-corrected chi connectivity index (χ4v) is 3.92. The van der Waals surface area contributed by atoms with Crippen LogP contribution in [0.25, 0.3) is 0 Å². The van der Waals surface area contributed by atoms with Gasteiger partial charge in [0.25, 0.3) is 0 Å². The summed E-state index contributed by atoms with van der Waals surface area (Å²) in [5.41, 5.74) is 0. The van der Waals surface area contributed by atoms with Crippen LogP contribution in [0.15, 0.2) is 0 Å². The molecule has 0 aromatic rings. The van der Waals surface area contributed by atoms with Crippen LogP contribution in [0.4, 0.5) is 0 Å². The van der Waals surface area contributed by atoms with E-state index in [0.717, 1.165) is 0 Å². The van der Waals surface area contributed by atoms with Crippen molar-refractivity contribution >= 4 is 0 Å². The van der Waals surface area contributed by atoms with Crippen LogP contribution in [0.1, 0.15) is 13.8 Å². The monoisotopic (exact) mass is 472 g/mol. The second-order valence-electron chi connectivity index (χ2n) is 8.30. The molecule has 15 atom stereocenters. The summed E-state index contributed by atoms with van der Waals surface area (Å²) in [6.07, 6.45) is -22.6. The maximum absolute atomic E-state index is 10.6. The van der Waals surface area contributed by atoms with Gasteiger partial charge in [-0.1, -0.05) is 0 Å². The quantitative estimate of drug-likeness (QED) is 0.182. The summed E-state index contributed by atoms with van der Waals surface area (Å²) in [6, 6.07) is 0. The van der Waals surface area contributed by atoms with E-state index in [1.54, 1.807) is 0 Å². The number of hydrogen-bond donors (Lipinski definition) is 9. The average molecular weight is 472 g/mol. The Morgan fingerprint density at radius 1 is 0.562 bits per heavy atom. The minimum atomic E-state index is -1.83. The Morgan fingerprint density at radius 2 is 1.00 bits per heavy atom. The Balaban J connectivity index is 1.81. The Morgan fingerprint density at radius 3 is 1.44 bits per heavy atom. The Labute approximate surface area is 183 Å². The fraction of sp³-hybridized carbons (Fsp3) is 1.00. The largest absolute Gasteiger partial charge is 0.394 e. The van der Waals surface area contributed by atoms with Crippen molar-refractivity contribution in [1.82, 2.24) is 0 Å². The molecule has 3 aliphatic heterocycles. The van der Waals surface area contributed by atoms with E-state index in [4.69, 9.17) is 23.7 Å². The van der Waals surface area contributed by atoms with Gasteiger partial charge in [0.15, 0.2) is 18.9 Å². The molecule has 3 fully saturated rings. The number of aliphatic hydroxyl groups is 9. The molecule has 9 N–H and O–H groups in total. The van der Waals surface area contributed by atoms with Gasteiger partial charge in [-0.15, -0.1) is 0 Å². The van der Waals surface area contributed by atoms with E-state index in [1.807, 2.05) is 0 Å². The smallest absolute Gasteiger partial charge is 0.187 e. The highest BCUT2D eigenvalue weighted by molar-refractivity contribution is 4.95. The predicted octanol–water partition coefficient (Wildman–Crippen LogP) is -5.52. The van der Waals surface area contributed by atoms with Gasteiger partial charge in [-0.3, -0.25) is 0 Å². The summed E-state index contributed by atoms with van der Waals surface area (Å²) >= 11 is 0. The minimum absolute atomic E-state index is 0.721. The zero-order valence-electron chi connectivity index (χ0n) is 17.4. The van der Waals surface area contributed by atoms with Gasteiger partial charge < -0.3 is 69.6 Å². The van der Waals surface area contributed by atoms with Crippen molar-refractivity contribution in [1.29, 1.82) is 0 Å². The molecule has 0 aliphatic carbocycles. The SMILES string of the molecule is C[C@@H]1O[C@H](O[C@H]2C(O)O[C@H](CO)[C@H](O)[C@@H]2O[C@H]2O[C@@H](C)[C@@H](O)[C@@H](O)[C@@H]2O)[C@@H](O)[C@H](O)[C@@H]1O. The molecule has 188 valence electrons. The van der Waals surface area contributed by atoms with Crippen LogP contribution >= 0.6 is 0 Å². The minimum Gasteiger partial charge on any atom is -0.394 e. The first-order valence-corrected chi connectivity index (χ1v) is 10.3. The van der Waals surface area contributed by atoms with Crippen LogP contribution in [0, 0.1) is 0 Å². The normalized spacial score (nSPS) is 55.0. The maximum atomic E-state index is 10.6. The van der Waals surface area contributed by atoms with Crippen molar-refractivity contribution in [2.45, 2.75) is 106 Å². The standard InChI is InChI=1S/C18H32O14/c1-4-7(20)10(23)12(25)17(28-4)31-14-9(22)6(3-19)30-16(27)15(14)32-18-13(26)11(24)8(21)5(2)29-18/h4-27H,3H2,1-2H3/t4-,5-,6+,7+,8+,9-,10+,11+,12-,13-,14-,15+,16?,17+,18+/m0/s1. The van der Waals surface area contributed by atoms with Gasteiger partial charge in [0.2, 0.25) is 0 Å². The molecule has 0 spiro atoms. The van der Waals surface area contributed by atoms with Crippen LogP contribution in [0.5, 0.6) is 0 Å². The van der Waals surface area contributed by atoms with Gasteiger partial charge >= 0.3 is 0 Å². The fourth-order valence-electron chi connectivity index (χ4n) is 3.92. The van der Waals surface area contributed by atoms with Crippen molar-refractivity contribution in [3.05, 3.63) is 0 Å². The van der Waals surface area contributed by atoms with Crippen LogP contribution < -0.4 is 0 Å². The lowest BCUT2D eigenvalue weighted by atomic mass is 9.96. The van der Waals surface area contributed by atoms with Crippen molar-refractivity contribution in [3.63, 3.8) is 0 Å². The van der Waals surface area contributed by atoms with Gasteiger partial charge in [0.1, 0.15) is 61.0 Å². The first kappa shape index (κ1) is 26.1. The van der Waals surface area contributed by atoms with Crippen molar-refractivity contribution in [3.8, 4) is 0 Å². The van der Waals surface area contributed by atoms with Crippen LogP contribution in [0.2, 0.25) is 0 Å². The third-order valence-corrected chi connectivity index (χ3v) is 6.02. The molecule has 14 nitrogen and oxygen atoms in total. The van der Waals surface area contributed by atoms with Crippen LogP contribution in [-0.2, 0) is 23.7 Å². The van der Waals surface area contributed by atoms with E-state index >= 15 is 0 Å². The number of rotatable bonds is 5. The summed E-state index contributed by atoms with van der Waals surface area (Å²) in [7, 11) is 0. The maximum Gasteiger partial charge on any atom is 0.187 e. The highest BCUT2D eigenvalue weighted by atomic mass is 16.8. The molecule has 0 radical (unpaired) electrons. The van der Waals surface area contributed by atoms with Crippen LogP contribution in [-0.4, -0.2) is 145 Å². The molecule has 3 saturated heterocycles. The molecular formula is C18H32O14. The highest BCUT2D eigenvalue weighted by Crippen LogP contribution is 2.32. The number of ether oxygens (including phenoxy) is 5. The second-order valence-corrected chi connectivity index (χ2v) is 8.30. The molecule has 0 aromatic heterocycles. The number of hydrogen-bond acceptors (Lipinski definition) is 14. The Bertz CT molecular complexity index is 610. The molecule has 32 heavy (non-hydrogen) atoms. The molecule has 0 saturated carbocycles. The Hall–Kier alpha value is -0.560. The van der Waals surface area contributed by atoms with Crippen molar-refractivity contribution in [2.24, 2.45) is 0 Å². The molecule has 3 aliphatic rings. The van der Waals surface area contributed by atoms with E-state index in [1.165, 1.54) is 13.8 Å². The molecule has 3 heterocycles. The summed E-state index contributed by atoms with van der Waals surface area (Å²) in [6.45, 7) is 2.10. The second kappa shape index (κ2) is 10.4. The first-order chi connectivity index (χ1) is 15.0. The molecule has 3 rings (SSSR count). The van der Waals surface area contributed by atoms with E-state index in [-0.39, 0.29) is 0 Å². The van der Waals surface area contributed by atoms with Crippen LogP contribution in [0.3, 0.4) is 0 Å². The molecule has 0 aromatic carbocycles. The average Bonchev–Trinajstić information content (AvgIpc) is 2.76. The summed E-state index contributed by atoms with van der Waals surface area (Å²) in [4.78, 5) is 0. The summed E-state index contributed by atoms with van der Waals surface area (Å²) < 4.78 is 27.0. The topological polar surface area (TPSA) is 228 Å². The summed E-state index contributed by atoms with van der Waals surface area (Å²) in [5.74, 6) is 0. The highest BCUT2D eigenvalue weighted by Gasteiger charge is 2.53. The third kappa shape index (κ3) is 4.94. The van der Waals surface area contributed by atoms with Crippen molar-refractivity contribution in [2.75, 3.05) is 6.61 Å². The van der Waals surface area contributed by atoms with E-state index < -0.39 is 98.7 Å². The van der Waals surface area contributed by atoms with Crippen molar-refractivity contribution < 1.29 is 69.6 Å². The lowest BCUT2D eigenvalue weighted by Gasteiger charge is -2.48. The third-order valence-electron chi connectivity index (χ3n) is 6.02. The zero-order valence-corrected chi connectivity index (χ0v) is 17.4. The molecular weight excluding hydrogens is 440 g/mol. The summed E-state index contributed by atoms with van der Waals surface area (Å²) in [5, 5.41) is 90.6. The predicted molar refractivity (Wildman–Crippen MR) is 98.4 cm³/mol.